The molecule has 6 nitrogen and oxygen atoms in total. The molecule has 0 radical (unpaired) electrons. The second kappa shape index (κ2) is 5.38. The van der Waals surface area contributed by atoms with Crippen molar-refractivity contribution < 1.29 is 12.8 Å². The number of halogens is 1. The van der Waals surface area contributed by atoms with E-state index in [2.05, 4.69) is 15.2 Å². The summed E-state index contributed by atoms with van der Waals surface area (Å²) in [7, 11) is -3.90. The number of nitrogens with one attached hydrogen (secondary N) is 1. The molecule has 0 saturated heterocycles. The highest BCUT2D eigenvalue weighted by atomic mass is 32.2. The quantitative estimate of drug-likeness (QED) is 0.767. The molecule has 3 heterocycles. The summed E-state index contributed by atoms with van der Waals surface area (Å²) in [6.45, 7) is 0. The summed E-state index contributed by atoms with van der Waals surface area (Å²) in [4.78, 5) is 4.42. The Kier molecular flexibility index (Phi) is 3.21. The Balaban J connectivity index is 1.75. The number of sulfonamides is 1. The van der Waals surface area contributed by atoms with Crippen LogP contribution in [0.1, 0.15) is 24.4 Å². The van der Waals surface area contributed by atoms with E-state index >= 15 is 0 Å². The summed E-state index contributed by atoms with van der Waals surface area (Å²) in [6.07, 6.45) is 5.18. The number of pyridine rings is 1. The van der Waals surface area contributed by atoms with Crippen LogP contribution in [-0.4, -0.2) is 23.6 Å². The minimum atomic E-state index is -3.90. The largest absolute Gasteiger partial charge is 0.277 e. The number of rotatable bonds is 3. The average molecular weight is 370 g/mol. The first-order valence-corrected chi connectivity index (χ1v) is 9.80. The second-order valence-electron chi connectivity index (χ2n) is 6.61. The lowest BCUT2D eigenvalue weighted by Crippen LogP contribution is -2.39. The zero-order valence-electron chi connectivity index (χ0n) is 13.6. The number of aromatic amines is 1. The molecule has 0 bridgehead atoms. The first-order chi connectivity index (χ1) is 12.6. The van der Waals surface area contributed by atoms with Crippen molar-refractivity contribution in [3.8, 4) is 11.3 Å². The highest BCUT2D eigenvalue weighted by Crippen LogP contribution is 2.53. The number of aromatic nitrogens is 3. The molecule has 1 unspecified atom stereocenters. The van der Waals surface area contributed by atoms with E-state index in [1.165, 1.54) is 16.4 Å². The maximum atomic E-state index is 13.5. The Hall–Kier alpha value is -2.74. The first-order valence-electron chi connectivity index (χ1n) is 8.36. The van der Waals surface area contributed by atoms with E-state index in [1.807, 2.05) is 6.07 Å². The summed E-state index contributed by atoms with van der Waals surface area (Å²) >= 11 is 0. The molecule has 0 spiro atoms. The Morgan fingerprint density at radius 3 is 2.65 bits per heavy atom. The molecule has 132 valence electrons. The van der Waals surface area contributed by atoms with Gasteiger partial charge in [0.2, 0.25) is 0 Å². The molecule has 1 aromatic carbocycles. The molecule has 1 N–H and O–H groups in total. The molecular weight excluding hydrogens is 355 g/mol. The maximum Gasteiger partial charge on any atom is 0.266 e. The molecule has 0 amide bonds. The van der Waals surface area contributed by atoms with Crippen LogP contribution in [0.4, 0.5) is 10.2 Å². The Morgan fingerprint density at radius 1 is 1.15 bits per heavy atom. The van der Waals surface area contributed by atoms with Crippen molar-refractivity contribution in [2.24, 2.45) is 5.92 Å². The molecule has 5 rings (SSSR count). The zero-order chi connectivity index (χ0) is 17.9. The van der Waals surface area contributed by atoms with Gasteiger partial charge in [0, 0.05) is 17.3 Å². The molecular formula is C18H15FN4O2S. The monoisotopic (exact) mass is 370 g/mol. The van der Waals surface area contributed by atoms with Gasteiger partial charge in [-0.05, 0) is 55.2 Å². The van der Waals surface area contributed by atoms with Gasteiger partial charge in [-0.25, -0.2) is 22.1 Å². The third kappa shape index (κ3) is 2.18. The predicted molar refractivity (Wildman–Crippen MR) is 93.3 cm³/mol. The second-order valence-corrected chi connectivity index (χ2v) is 8.43. The smallest absolute Gasteiger partial charge is 0.266 e. The number of nitrogens with zero attached hydrogens (tertiary/aromatic N) is 3. The summed E-state index contributed by atoms with van der Waals surface area (Å²) in [5.74, 6) is 0.124. The van der Waals surface area contributed by atoms with Crippen molar-refractivity contribution in [2.45, 2.75) is 23.8 Å². The lowest BCUT2D eigenvalue weighted by Gasteiger charge is -2.36. The molecule has 1 saturated carbocycles. The number of benzene rings is 1. The molecule has 1 aliphatic heterocycles. The van der Waals surface area contributed by atoms with Gasteiger partial charge in [0.25, 0.3) is 10.0 Å². The van der Waals surface area contributed by atoms with E-state index in [9.17, 15) is 12.8 Å². The maximum absolute atomic E-state index is 13.5. The Morgan fingerprint density at radius 2 is 1.92 bits per heavy atom. The van der Waals surface area contributed by atoms with E-state index < -0.39 is 15.8 Å². The van der Waals surface area contributed by atoms with Crippen LogP contribution in [0.2, 0.25) is 0 Å². The van der Waals surface area contributed by atoms with Crippen molar-refractivity contribution in [1.29, 1.82) is 0 Å². The van der Waals surface area contributed by atoms with Gasteiger partial charge in [-0.2, -0.15) is 5.10 Å². The summed E-state index contributed by atoms with van der Waals surface area (Å²) < 4.78 is 41.6. The van der Waals surface area contributed by atoms with Crippen molar-refractivity contribution >= 4 is 15.8 Å². The lowest BCUT2D eigenvalue weighted by molar-refractivity contribution is 0.556. The molecule has 8 heteroatoms. The molecule has 2 aliphatic rings. The van der Waals surface area contributed by atoms with Crippen LogP contribution >= 0.6 is 0 Å². The molecule has 3 aromatic rings. The third-order valence-corrected chi connectivity index (χ3v) is 6.73. The standard InChI is InChI=1S/C18H15FN4O2S/c19-12-5-7-13(8-6-12)26(24,25)23-17(11-3-4-11)15-10-21-22-16(15)14-2-1-9-20-18(14)23/h1-2,5-11,17H,3-4H2,(H,21,22). The number of hydrogen-bond acceptors (Lipinski definition) is 4. The van der Waals surface area contributed by atoms with Gasteiger partial charge in [0.1, 0.15) is 5.82 Å². The summed E-state index contributed by atoms with van der Waals surface area (Å²) in [5, 5.41) is 7.12. The Bertz CT molecular complexity index is 1090. The topological polar surface area (TPSA) is 79.0 Å². The molecule has 2 aromatic heterocycles. The van der Waals surface area contributed by atoms with Gasteiger partial charge >= 0.3 is 0 Å². The lowest BCUT2D eigenvalue weighted by atomic mass is 9.95. The fourth-order valence-electron chi connectivity index (χ4n) is 3.60. The fraction of sp³-hybridized carbons (Fsp3) is 0.222. The van der Waals surface area contributed by atoms with Crippen LogP contribution in [0.3, 0.4) is 0 Å². The zero-order valence-corrected chi connectivity index (χ0v) is 14.4. The van der Waals surface area contributed by atoms with E-state index in [-0.39, 0.29) is 16.9 Å². The van der Waals surface area contributed by atoms with Crippen LogP contribution < -0.4 is 4.31 Å². The van der Waals surface area contributed by atoms with Gasteiger partial charge in [0.05, 0.1) is 22.8 Å². The molecule has 1 atom stereocenters. The van der Waals surface area contributed by atoms with Crippen molar-refractivity contribution in [3.05, 3.63) is 60.2 Å². The normalized spacial score (nSPS) is 19.1. The average Bonchev–Trinajstić information content (AvgIpc) is 3.36. The predicted octanol–water partition coefficient (Wildman–Crippen LogP) is 3.27. The van der Waals surface area contributed by atoms with Gasteiger partial charge in [-0.15, -0.1) is 0 Å². The first kappa shape index (κ1) is 15.5. The van der Waals surface area contributed by atoms with Crippen molar-refractivity contribution in [2.75, 3.05) is 4.31 Å². The third-order valence-electron chi connectivity index (χ3n) is 4.94. The SMILES string of the molecule is O=S(=O)(c1ccc(F)cc1)N1c2ncccc2-c2[nH]ncc2C1C1CC1. The van der Waals surface area contributed by atoms with Gasteiger partial charge in [-0.3, -0.25) is 5.10 Å². The van der Waals surface area contributed by atoms with Crippen LogP contribution in [0.5, 0.6) is 0 Å². The number of H-pyrrole nitrogens is 1. The van der Waals surface area contributed by atoms with Crippen LogP contribution in [0.15, 0.2) is 53.7 Å². The van der Waals surface area contributed by atoms with Crippen LogP contribution in [0.25, 0.3) is 11.3 Å². The summed E-state index contributed by atoms with van der Waals surface area (Å²) in [6, 6.07) is 8.14. The highest BCUT2D eigenvalue weighted by Gasteiger charge is 2.47. The highest BCUT2D eigenvalue weighted by molar-refractivity contribution is 7.92. The van der Waals surface area contributed by atoms with Crippen molar-refractivity contribution in [3.63, 3.8) is 0 Å². The summed E-state index contributed by atoms with van der Waals surface area (Å²) in [5.41, 5.74) is 2.37. The van der Waals surface area contributed by atoms with Crippen LogP contribution in [-0.2, 0) is 10.0 Å². The van der Waals surface area contributed by atoms with E-state index in [0.29, 0.717) is 11.4 Å². The van der Waals surface area contributed by atoms with Gasteiger partial charge < -0.3 is 0 Å². The van der Waals surface area contributed by atoms with E-state index in [0.717, 1.165) is 36.2 Å². The number of fused-ring (bicyclic) bond motifs is 3. The number of hydrogen-bond donors (Lipinski definition) is 1. The van der Waals surface area contributed by atoms with E-state index in [4.69, 9.17) is 0 Å². The van der Waals surface area contributed by atoms with Crippen LogP contribution in [0, 0.1) is 11.7 Å². The van der Waals surface area contributed by atoms with Gasteiger partial charge in [0.15, 0.2) is 5.82 Å². The van der Waals surface area contributed by atoms with E-state index in [1.54, 1.807) is 18.5 Å². The molecule has 1 fully saturated rings. The minimum absolute atomic E-state index is 0.0492. The van der Waals surface area contributed by atoms with Gasteiger partial charge in [-0.1, -0.05) is 0 Å². The Labute approximate surface area is 149 Å². The fourth-order valence-corrected chi connectivity index (χ4v) is 5.27. The molecule has 1 aliphatic carbocycles. The van der Waals surface area contributed by atoms with Crippen molar-refractivity contribution in [1.82, 2.24) is 15.2 Å². The molecule has 26 heavy (non-hydrogen) atoms. The number of anilines is 1. The minimum Gasteiger partial charge on any atom is -0.277 e.